The first kappa shape index (κ1) is 20.1. The Bertz CT molecular complexity index is 810. The molecule has 1 aromatic rings. The van der Waals surface area contributed by atoms with Crippen LogP contribution in [0.4, 0.5) is 0 Å². The summed E-state index contributed by atoms with van der Waals surface area (Å²) in [5, 5.41) is 0. The summed E-state index contributed by atoms with van der Waals surface area (Å²) < 4.78 is 23.9. The number of rotatable bonds is 3. The van der Waals surface area contributed by atoms with Crippen LogP contribution in [0.25, 0.3) is 0 Å². The van der Waals surface area contributed by atoms with Gasteiger partial charge in [-0.1, -0.05) is 12.1 Å². The van der Waals surface area contributed by atoms with Gasteiger partial charge in [0.2, 0.25) is 5.91 Å². The highest BCUT2D eigenvalue weighted by molar-refractivity contribution is 5.77. The maximum Gasteiger partial charge on any atom is 0.222 e. The van der Waals surface area contributed by atoms with E-state index in [4.69, 9.17) is 18.9 Å². The van der Waals surface area contributed by atoms with Crippen molar-refractivity contribution in [3.05, 3.63) is 23.8 Å². The number of fused-ring (bicyclic) bond motifs is 3. The monoisotopic (exact) mass is 415 g/mol. The third-order valence-corrected chi connectivity index (χ3v) is 7.59. The van der Waals surface area contributed by atoms with E-state index >= 15 is 0 Å². The van der Waals surface area contributed by atoms with E-state index in [0.717, 1.165) is 62.6 Å². The molecule has 2 atom stereocenters. The van der Waals surface area contributed by atoms with Crippen LogP contribution in [0.2, 0.25) is 0 Å². The molecule has 4 heterocycles. The number of benzene rings is 1. The number of ether oxygens (including phenoxy) is 4. The first-order valence-electron chi connectivity index (χ1n) is 11.2. The quantitative estimate of drug-likeness (QED) is 0.755. The van der Waals surface area contributed by atoms with Crippen LogP contribution in [0.3, 0.4) is 0 Å². The van der Waals surface area contributed by atoms with Crippen molar-refractivity contribution >= 4 is 5.91 Å². The Balaban J connectivity index is 1.27. The molecular weight excluding hydrogens is 382 g/mol. The number of methoxy groups -OCH3 is 1. The van der Waals surface area contributed by atoms with Gasteiger partial charge in [0, 0.05) is 49.6 Å². The molecular formula is C24H33NO5. The predicted octanol–water partition coefficient (Wildman–Crippen LogP) is 3.59. The molecule has 0 saturated carbocycles. The molecule has 1 spiro atoms. The molecule has 0 radical (unpaired) electrons. The van der Waals surface area contributed by atoms with Gasteiger partial charge in [-0.15, -0.1) is 0 Å². The summed E-state index contributed by atoms with van der Waals surface area (Å²) in [7, 11) is 1.68. The first-order valence-corrected chi connectivity index (χ1v) is 11.2. The van der Waals surface area contributed by atoms with Crippen LogP contribution in [0.15, 0.2) is 18.2 Å². The minimum atomic E-state index is -0.355. The lowest BCUT2D eigenvalue weighted by Crippen LogP contribution is -2.65. The van der Waals surface area contributed by atoms with Crippen LogP contribution in [0, 0.1) is 17.3 Å². The Morgan fingerprint density at radius 2 is 2.00 bits per heavy atom. The lowest BCUT2D eigenvalue weighted by Gasteiger charge is -2.58. The van der Waals surface area contributed by atoms with Gasteiger partial charge >= 0.3 is 0 Å². The topological polar surface area (TPSA) is 57.2 Å². The third kappa shape index (κ3) is 3.38. The summed E-state index contributed by atoms with van der Waals surface area (Å²) in [4.78, 5) is 14.8. The molecule has 3 saturated heterocycles. The Morgan fingerprint density at radius 1 is 1.23 bits per heavy atom. The molecule has 1 aromatic carbocycles. The van der Waals surface area contributed by atoms with Gasteiger partial charge in [0.05, 0.1) is 19.8 Å². The van der Waals surface area contributed by atoms with E-state index in [9.17, 15) is 4.79 Å². The summed E-state index contributed by atoms with van der Waals surface area (Å²) in [6.45, 7) is 8.19. The van der Waals surface area contributed by atoms with Gasteiger partial charge in [-0.3, -0.25) is 4.79 Å². The number of hydrogen-bond donors (Lipinski definition) is 0. The zero-order chi connectivity index (χ0) is 20.9. The smallest absolute Gasteiger partial charge is 0.222 e. The number of carbonyl (C=O) groups is 1. The lowest BCUT2D eigenvalue weighted by molar-refractivity contribution is -0.201. The van der Waals surface area contributed by atoms with Gasteiger partial charge < -0.3 is 23.8 Å². The van der Waals surface area contributed by atoms with Gasteiger partial charge in [0.15, 0.2) is 11.5 Å². The van der Waals surface area contributed by atoms with E-state index in [-0.39, 0.29) is 23.0 Å². The highest BCUT2D eigenvalue weighted by Crippen LogP contribution is 2.56. The van der Waals surface area contributed by atoms with Crippen molar-refractivity contribution < 1.29 is 23.7 Å². The second-order valence-corrected chi connectivity index (χ2v) is 10.1. The van der Waals surface area contributed by atoms with Gasteiger partial charge in [0.1, 0.15) is 5.60 Å². The van der Waals surface area contributed by atoms with Crippen molar-refractivity contribution in [3.63, 3.8) is 0 Å². The Hall–Kier alpha value is -1.79. The van der Waals surface area contributed by atoms with Crippen LogP contribution in [-0.4, -0.2) is 56.4 Å². The first-order chi connectivity index (χ1) is 14.4. The van der Waals surface area contributed by atoms with Crippen molar-refractivity contribution in [3.8, 4) is 11.5 Å². The van der Waals surface area contributed by atoms with Crippen molar-refractivity contribution in [2.24, 2.45) is 17.3 Å². The SMILES string of the molecule is COc1cccc2c1OC(C)(C)[C@H]1CC3(CO[C@H]21)CN(C(=O)CC1CCOCC1)C3. The minimum Gasteiger partial charge on any atom is -0.493 e. The number of amides is 1. The Kier molecular flexibility index (Phi) is 4.98. The van der Waals surface area contributed by atoms with E-state index in [2.05, 4.69) is 19.9 Å². The fraction of sp³-hybridized carbons (Fsp3) is 0.708. The molecule has 0 bridgehead atoms. The molecule has 6 nitrogen and oxygen atoms in total. The van der Waals surface area contributed by atoms with Crippen LogP contribution < -0.4 is 9.47 Å². The highest BCUT2D eigenvalue weighted by Gasteiger charge is 2.57. The number of hydrogen-bond acceptors (Lipinski definition) is 5. The number of carbonyl (C=O) groups excluding carboxylic acids is 1. The third-order valence-electron chi connectivity index (χ3n) is 7.59. The van der Waals surface area contributed by atoms with Crippen LogP contribution in [0.5, 0.6) is 11.5 Å². The van der Waals surface area contributed by atoms with Crippen LogP contribution >= 0.6 is 0 Å². The lowest BCUT2D eigenvalue weighted by atomic mass is 9.64. The summed E-state index contributed by atoms with van der Waals surface area (Å²) in [5.41, 5.74) is 0.788. The second kappa shape index (κ2) is 7.41. The summed E-state index contributed by atoms with van der Waals surface area (Å²) >= 11 is 0. The molecule has 0 unspecified atom stereocenters. The maximum absolute atomic E-state index is 12.8. The fourth-order valence-electron chi connectivity index (χ4n) is 5.78. The number of nitrogens with zero attached hydrogens (tertiary/aromatic N) is 1. The van der Waals surface area contributed by atoms with Crippen LogP contribution in [0.1, 0.15) is 51.2 Å². The van der Waals surface area contributed by atoms with Gasteiger partial charge in [-0.2, -0.15) is 0 Å². The largest absolute Gasteiger partial charge is 0.493 e. The molecule has 30 heavy (non-hydrogen) atoms. The van der Waals surface area contributed by atoms with E-state index < -0.39 is 0 Å². The van der Waals surface area contributed by atoms with Crippen LogP contribution in [-0.2, 0) is 14.3 Å². The Labute approximate surface area is 178 Å². The van der Waals surface area contributed by atoms with Gasteiger partial charge in [-0.05, 0) is 45.1 Å². The normalized spacial score (nSPS) is 29.4. The molecule has 0 N–H and O–H groups in total. The van der Waals surface area contributed by atoms with Gasteiger partial charge in [-0.25, -0.2) is 0 Å². The average Bonchev–Trinajstić information content (AvgIpc) is 2.72. The number of para-hydroxylation sites is 1. The predicted molar refractivity (Wildman–Crippen MR) is 112 cm³/mol. The van der Waals surface area contributed by atoms with E-state index in [1.807, 2.05) is 17.0 Å². The van der Waals surface area contributed by atoms with E-state index in [1.54, 1.807) is 7.11 Å². The average molecular weight is 416 g/mol. The molecule has 4 aliphatic rings. The molecule has 5 rings (SSSR count). The van der Waals surface area contributed by atoms with Crippen molar-refractivity contribution in [2.45, 2.75) is 51.2 Å². The van der Waals surface area contributed by atoms with Gasteiger partial charge in [0.25, 0.3) is 0 Å². The zero-order valence-electron chi connectivity index (χ0n) is 18.3. The van der Waals surface area contributed by atoms with Crippen molar-refractivity contribution in [1.29, 1.82) is 0 Å². The van der Waals surface area contributed by atoms with Crippen molar-refractivity contribution in [2.75, 3.05) is 40.0 Å². The molecule has 4 aliphatic heterocycles. The number of likely N-dealkylation sites (tertiary alicyclic amines) is 1. The molecule has 6 heteroatoms. The Morgan fingerprint density at radius 3 is 2.73 bits per heavy atom. The van der Waals surface area contributed by atoms with Crippen molar-refractivity contribution in [1.82, 2.24) is 4.90 Å². The zero-order valence-corrected chi connectivity index (χ0v) is 18.3. The fourth-order valence-corrected chi connectivity index (χ4v) is 5.78. The minimum absolute atomic E-state index is 0.0106. The maximum atomic E-state index is 12.8. The molecule has 1 amide bonds. The molecule has 0 aliphatic carbocycles. The summed E-state index contributed by atoms with van der Waals surface area (Å²) in [6, 6.07) is 6.03. The van der Waals surface area contributed by atoms with E-state index in [1.165, 1.54) is 0 Å². The van der Waals surface area contributed by atoms with E-state index in [0.29, 0.717) is 24.9 Å². The second-order valence-electron chi connectivity index (χ2n) is 10.1. The molecule has 3 fully saturated rings. The summed E-state index contributed by atoms with van der Waals surface area (Å²) in [5.74, 6) is 2.59. The molecule has 164 valence electrons. The highest BCUT2D eigenvalue weighted by atomic mass is 16.5. The summed E-state index contributed by atoms with van der Waals surface area (Å²) in [6.07, 6.45) is 3.70. The molecule has 0 aromatic heterocycles. The standard InChI is InChI=1S/C24H33NO5/c1-23(2)18-12-24(13-25(14-24)20(26)11-16-7-9-28-10-8-16)15-29-21(18)17-5-4-6-19(27-3)22(17)30-23/h4-6,16,18,21H,7-15H2,1-3H3/t18-,21+/m0/s1.